The van der Waals surface area contributed by atoms with Crippen molar-refractivity contribution in [1.82, 2.24) is 14.5 Å². The second-order valence-electron chi connectivity index (χ2n) is 5.29. The first-order valence-electron chi connectivity index (χ1n) is 7.48. The molecule has 134 valence electrons. The second-order valence-corrected chi connectivity index (χ2v) is 5.29. The minimum absolute atomic E-state index is 0.00949. The monoisotopic (exact) mass is 362 g/mol. The van der Waals surface area contributed by atoms with E-state index in [2.05, 4.69) is 20.0 Å². The summed E-state index contributed by atoms with van der Waals surface area (Å²) < 4.78 is 41.8. The van der Waals surface area contributed by atoms with Crippen molar-refractivity contribution >= 4 is 11.6 Å². The Labute approximate surface area is 146 Å². The quantitative estimate of drug-likeness (QED) is 0.756. The molecule has 0 spiro atoms. The van der Waals surface area contributed by atoms with Gasteiger partial charge in [-0.3, -0.25) is 9.36 Å². The summed E-state index contributed by atoms with van der Waals surface area (Å²) in [4.78, 5) is 20.2. The minimum atomic E-state index is -4.74. The number of nitrogens with zero attached hydrogens (tertiary/aromatic N) is 3. The third-order valence-corrected chi connectivity index (χ3v) is 3.32. The maximum atomic E-state index is 12.1. The lowest BCUT2D eigenvalue weighted by Gasteiger charge is -2.09. The van der Waals surface area contributed by atoms with Gasteiger partial charge in [-0.2, -0.15) is 0 Å². The predicted molar refractivity (Wildman–Crippen MR) is 86.8 cm³/mol. The SMILES string of the molecule is O=C(Cc1ccc(OC(F)(F)F)cc1)Nc1ccc(-n2ccnc2)nc1. The van der Waals surface area contributed by atoms with Gasteiger partial charge in [-0.05, 0) is 29.8 Å². The van der Waals surface area contributed by atoms with E-state index in [1.807, 2.05) is 0 Å². The van der Waals surface area contributed by atoms with Gasteiger partial charge in [-0.1, -0.05) is 12.1 Å². The molecule has 0 bridgehead atoms. The van der Waals surface area contributed by atoms with E-state index >= 15 is 0 Å². The molecule has 0 aliphatic carbocycles. The van der Waals surface area contributed by atoms with Crippen molar-refractivity contribution in [2.24, 2.45) is 0 Å². The van der Waals surface area contributed by atoms with Crippen LogP contribution in [-0.2, 0) is 11.2 Å². The number of hydrogen-bond donors (Lipinski definition) is 1. The summed E-state index contributed by atoms with van der Waals surface area (Å²) in [6.07, 6.45) is 1.75. The van der Waals surface area contributed by atoms with E-state index in [0.717, 1.165) is 12.1 Å². The van der Waals surface area contributed by atoms with Crippen LogP contribution in [0.5, 0.6) is 5.75 Å². The Kier molecular flexibility index (Phi) is 4.87. The Morgan fingerprint density at radius 2 is 1.92 bits per heavy atom. The number of benzene rings is 1. The van der Waals surface area contributed by atoms with Crippen molar-refractivity contribution in [1.29, 1.82) is 0 Å². The number of hydrogen-bond acceptors (Lipinski definition) is 4. The van der Waals surface area contributed by atoms with Gasteiger partial charge >= 0.3 is 6.36 Å². The summed E-state index contributed by atoms with van der Waals surface area (Å²) >= 11 is 0. The van der Waals surface area contributed by atoms with Crippen LogP contribution in [0.15, 0.2) is 61.3 Å². The Morgan fingerprint density at radius 1 is 1.15 bits per heavy atom. The second kappa shape index (κ2) is 7.26. The topological polar surface area (TPSA) is 69.0 Å². The smallest absolute Gasteiger partial charge is 0.406 e. The fourth-order valence-corrected chi connectivity index (χ4v) is 2.21. The number of anilines is 1. The number of imidazole rings is 1. The molecule has 0 aliphatic heterocycles. The highest BCUT2D eigenvalue weighted by Crippen LogP contribution is 2.23. The first-order chi connectivity index (χ1) is 12.4. The molecule has 6 nitrogen and oxygen atoms in total. The predicted octanol–water partition coefficient (Wildman–Crippen LogP) is 3.35. The summed E-state index contributed by atoms with van der Waals surface area (Å²) in [5, 5.41) is 2.68. The molecule has 3 aromatic rings. The van der Waals surface area contributed by atoms with Crippen LogP contribution < -0.4 is 10.1 Å². The molecule has 1 aromatic carbocycles. The zero-order valence-electron chi connectivity index (χ0n) is 13.3. The third-order valence-electron chi connectivity index (χ3n) is 3.32. The maximum absolute atomic E-state index is 12.1. The van der Waals surface area contributed by atoms with E-state index in [9.17, 15) is 18.0 Å². The van der Waals surface area contributed by atoms with Crippen LogP contribution in [0.2, 0.25) is 0 Å². The zero-order valence-corrected chi connectivity index (χ0v) is 13.3. The maximum Gasteiger partial charge on any atom is 0.573 e. The van der Waals surface area contributed by atoms with Crippen LogP contribution in [0, 0.1) is 0 Å². The number of nitrogens with one attached hydrogen (secondary N) is 1. The van der Waals surface area contributed by atoms with Crippen LogP contribution >= 0.6 is 0 Å². The number of rotatable bonds is 5. The molecule has 26 heavy (non-hydrogen) atoms. The molecule has 0 atom stereocenters. The number of halogens is 3. The van der Waals surface area contributed by atoms with Gasteiger partial charge in [0.1, 0.15) is 17.9 Å². The van der Waals surface area contributed by atoms with Crippen LogP contribution in [0.4, 0.5) is 18.9 Å². The molecule has 9 heteroatoms. The molecule has 0 saturated heterocycles. The van der Waals surface area contributed by atoms with Crippen LogP contribution in [-0.4, -0.2) is 26.8 Å². The molecule has 0 fully saturated rings. The van der Waals surface area contributed by atoms with E-state index in [0.29, 0.717) is 17.1 Å². The minimum Gasteiger partial charge on any atom is -0.406 e. The highest BCUT2D eigenvalue weighted by atomic mass is 19.4. The molecule has 2 aromatic heterocycles. The number of carbonyl (C=O) groups is 1. The van der Waals surface area contributed by atoms with Gasteiger partial charge in [0.05, 0.1) is 18.3 Å². The number of aromatic nitrogens is 3. The zero-order chi connectivity index (χ0) is 18.6. The lowest BCUT2D eigenvalue weighted by Crippen LogP contribution is -2.17. The number of pyridine rings is 1. The number of alkyl halides is 3. The van der Waals surface area contributed by atoms with Crippen LogP contribution in [0.3, 0.4) is 0 Å². The largest absolute Gasteiger partial charge is 0.573 e. The summed E-state index contributed by atoms with van der Waals surface area (Å²) in [6.45, 7) is 0. The van der Waals surface area contributed by atoms with Gasteiger partial charge in [-0.15, -0.1) is 13.2 Å². The Morgan fingerprint density at radius 3 is 2.50 bits per heavy atom. The van der Waals surface area contributed by atoms with Crippen molar-refractivity contribution in [3.63, 3.8) is 0 Å². The highest BCUT2D eigenvalue weighted by molar-refractivity contribution is 5.92. The van der Waals surface area contributed by atoms with E-state index < -0.39 is 6.36 Å². The summed E-state index contributed by atoms with van der Waals surface area (Å²) in [6, 6.07) is 8.55. The molecule has 1 amide bonds. The van der Waals surface area contributed by atoms with Crippen LogP contribution in [0.25, 0.3) is 5.82 Å². The van der Waals surface area contributed by atoms with Crippen LogP contribution in [0.1, 0.15) is 5.56 Å². The molecule has 1 N–H and O–H groups in total. The van der Waals surface area contributed by atoms with Crippen molar-refractivity contribution in [3.05, 3.63) is 66.9 Å². The molecule has 0 aliphatic rings. The molecule has 2 heterocycles. The van der Waals surface area contributed by atoms with Gasteiger partial charge in [0.2, 0.25) is 5.91 Å². The lowest BCUT2D eigenvalue weighted by molar-refractivity contribution is -0.274. The fraction of sp³-hybridized carbons (Fsp3) is 0.118. The summed E-state index contributed by atoms with van der Waals surface area (Å²) in [5.74, 6) is 0.00775. The standard InChI is InChI=1S/C17H13F3N4O2/c18-17(19,20)26-14-4-1-12(2-5-14)9-16(25)23-13-3-6-15(22-10-13)24-8-7-21-11-24/h1-8,10-11H,9H2,(H,23,25). The Balaban J connectivity index is 1.57. The van der Waals surface area contributed by atoms with Crippen molar-refractivity contribution < 1.29 is 22.7 Å². The first kappa shape index (κ1) is 17.5. The number of amides is 1. The highest BCUT2D eigenvalue weighted by Gasteiger charge is 2.30. The Bertz CT molecular complexity index is 861. The van der Waals surface area contributed by atoms with E-state index in [1.165, 1.54) is 18.3 Å². The fourth-order valence-electron chi connectivity index (χ4n) is 2.21. The van der Waals surface area contributed by atoms with Gasteiger partial charge < -0.3 is 10.1 Å². The number of carbonyl (C=O) groups excluding carboxylic acids is 1. The van der Waals surface area contributed by atoms with Crippen molar-refractivity contribution in [2.75, 3.05) is 5.32 Å². The van der Waals surface area contributed by atoms with Crippen molar-refractivity contribution in [2.45, 2.75) is 12.8 Å². The average molecular weight is 362 g/mol. The average Bonchev–Trinajstić information content (AvgIpc) is 3.10. The van der Waals surface area contributed by atoms with Gasteiger partial charge in [0.25, 0.3) is 0 Å². The molecule has 0 radical (unpaired) electrons. The molecule has 3 rings (SSSR count). The van der Waals surface area contributed by atoms with E-state index in [4.69, 9.17) is 0 Å². The third kappa shape index (κ3) is 4.82. The molecule has 0 unspecified atom stereocenters. The lowest BCUT2D eigenvalue weighted by atomic mass is 10.1. The van der Waals surface area contributed by atoms with Gasteiger partial charge in [-0.25, -0.2) is 9.97 Å². The molecular formula is C17H13F3N4O2. The number of ether oxygens (including phenoxy) is 1. The van der Waals surface area contributed by atoms with E-state index in [1.54, 1.807) is 35.4 Å². The normalized spacial score (nSPS) is 11.2. The van der Waals surface area contributed by atoms with Crippen molar-refractivity contribution in [3.8, 4) is 11.6 Å². The van der Waals surface area contributed by atoms with Gasteiger partial charge in [0, 0.05) is 12.4 Å². The van der Waals surface area contributed by atoms with E-state index in [-0.39, 0.29) is 18.1 Å². The van der Waals surface area contributed by atoms with Gasteiger partial charge in [0.15, 0.2) is 0 Å². The Hall–Kier alpha value is -3.36. The summed E-state index contributed by atoms with van der Waals surface area (Å²) in [5.41, 5.74) is 1.07. The molecule has 0 saturated carbocycles. The first-order valence-corrected chi connectivity index (χ1v) is 7.48. The molecular weight excluding hydrogens is 349 g/mol. The summed E-state index contributed by atoms with van der Waals surface area (Å²) in [7, 11) is 0.